The first-order valence-electron chi connectivity index (χ1n) is 5.56. The number of likely N-dealkylation sites (tertiary alicyclic amines) is 1. The summed E-state index contributed by atoms with van der Waals surface area (Å²) in [4.78, 5) is 18.4. The first-order valence-corrected chi connectivity index (χ1v) is 6.44. The lowest BCUT2D eigenvalue weighted by atomic mass is 10.2. The number of thiazole rings is 1. The molecule has 1 unspecified atom stereocenters. The van der Waals surface area contributed by atoms with Crippen molar-refractivity contribution in [2.45, 2.75) is 31.7 Å². The Morgan fingerprint density at radius 3 is 3.00 bits per heavy atom. The van der Waals surface area contributed by atoms with Crippen molar-refractivity contribution in [2.75, 3.05) is 6.54 Å². The van der Waals surface area contributed by atoms with Gasteiger partial charge in [-0.3, -0.25) is 4.79 Å². The Hall–Kier alpha value is -0.900. The van der Waals surface area contributed by atoms with Gasteiger partial charge in [0.05, 0.1) is 6.04 Å². The summed E-state index contributed by atoms with van der Waals surface area (Å²) in [6.45, 7) is 0.930. The van der Waals surface area contributed by atoms with Crippen molar-refractivity contribution < 1.29 is 4.79 Å². The Kier molecular flexibility index (Phi) is 2.24. The third kappa shape index (κ3) is 1.67. The molecule has 2 aliphatic rings. The molecular weight excluding hydrogens is 208 g/mol. The number of rotatable bonds is 2. The predicted octanol–water partition coefficient (Wildman–Crippen LogP) is 2.22. The van der Waals surface area contributed by atoms with E-state index >= 15 is 0 Å². The highest BCUT2D eigenvalue weighted by atomic mass is 32.1. The second-order valence-corrected chi connectivity index (χ2v) is 5.26. The van der Waals surface area contributed by atoms with Crippen LogP contribution in [0.3, 0.4) is 0 Å². The molecule has 1 aliphatic heterocycles. The largest absolute Gasteiger partial charge is 0.333 e. The second-order valence-electron chi connectivity index (χ2n) is 4.33. The summed E-state index contributed by atoms with van der Waals surface area (Å²) in [5.41, 5.74) is 0. The van der Waals surface area contributed by atoms with Crippen LogP contribution in [0.4, 0.5) is 0 Å². The Morgan fingerprint density at radius 1 is 1.47 bits per heavy atom. The van der Waals surface area contributed by atoms with Crippen LogP contribution < -0.4 is 0 Å². The van der Waals surface area contributed by atoms with Gasteiger partial charge in [-0.05, 0) is 25.7 Å². The zero-order valence-corrected chi connectivity index (χ0v) is 9.37. The van der Waals surface area contributed by atoms with Gasteiger partial charge in [0.2, 0.25) is 5.91 Å². The van der Waals surface area contributed by atoms with E-state index in [1.165, 1.54) is 0 Å². The van der Waals surface area contributed by atoms with Crippen molar-refractivity contribution in [3.63, 3.8) is 0 Å². The van der Waals surface area contributed by atoms with Gasteiger partial charge < -0.3 is 4.90 Å². The van der Waals surface area contributed by atoms with E-state index < -0.39 is 0 Å². The highest BCUT2D eigenvalue weighted by molar-refractivity contribution is 7.09. The van der Waals surface area contributed by atoms with Crippen LogP contribution in [0.5, 0.6) is 0 Å². The van der Waals surface area contributed by atoms with Gasteiger partial charge in [-0.25, -0.2) is 4.98 Å². The summed E-state index contributed by atoms with van der Waals surface area (Å²) >= 11 is 1.67. The van der Waals surface area contributed by atoms with E-state index in [1.54, 1.807) is 11.3 Å². The van der Waals surface area contributed by atoms with Gasteiger partial charge in [-0.15, -0.1) is 11.3 Å². The van der Waals surface area contributed by atoms with E-state index in [-0.39, 0.29) is 6.04 Å². The third-order valence-electron chi connectivity index (χ3n) is 3.20. The molecule has 0 bridgehead atoms. The molecule has 15 heavy (non-hydrogen) atoms. The fraction of sp³-hybridized carbons (Fsp3) is 0.636. The van der Waals surface area contributed by atoms with E-state index in [2.05, 4.69) is 9.88 Å². The first-order chi connectivity index (χ1) is 7.36. The Bertz CT molecular complexity index is 359. The molecule has 0 N–H and O–H groups in total. The van der Waals surface area contributed by atoms with Crippen molar-refractivity contribution >= 4 is 17.2 Å². The van der Waals surface area contributed by atoms with E-state index in [0.29, 0.717) is 11.8 Å². The number of aromatic nitrogens is 1. The molecule has 0 radical (unpaired) electrons. The Morgan fingerprint density at radius 2 is 2.33 bits per heavy atom. The molecule has 2 heterocycles. The number of hydrogen-bond donors (Lipinski definition) is 0. The molecule has 2 fully saturated rings. The lowest BCUT2D eigenvalue weighted by molar-refractivity contribution is -0.133. The third-order valence-corrected chi connectivity index (χ3v) is 4.08. The van der Waals surface area contributed by atoms with Crippen molar-refractivity contribution in [3.05, 3.63) is 16.6 Å². The molecular formula is C11H14N2OS. The van der Waals surface area contributed by atoms with Crippen molar-refractivity contribution in [2.24, 2.45) is 5.92 Å². The molecule has 1 aromatic rings. The summed E-state index contributed by atoms with van der Waals surface area (Å²) < 4.78 is 0. The zero-order chi connectivity index (χ0) is 10.3. The Balaban J connectivity index is 1.79. The fourth-order valence-corrected chi connectivity index (χ4v) is 3.04. The highest BCUT2D eigenvalue weighted by Crippen LogP contribution is 2.38. The van der Waals surface area contributed by atoms with Crippen LogP contribution >= 0.6 is 11.3 Å². The molecule has 1 aromatic heterocycles. The average Bonchev–Trinajstić information content (AvgIpc) is 2.80. The van der Waals surface area contributed by atoms with E-state index in [9.17, 15) is 4.79 Å². The molecule has 1 aliphatic carbocycles. The number of amides is 1. The molecule has 1 atom stereocenters. The van der Waals surface area contributed by atoms with Gasteiger partial charge in [0.15, 0.2) is 0 Å². The summed E-state index contributed by atoms with van der Waals surface area (Å²) in [6.07, 6.45) is 6.24. The fourth-order valence-electron chi connectivity index (χ4n) is 2.25. The van der Waals surface area contributed by atoms with Crippen LogP contribution in [0.25, 0.3) is 0 Å². The number of carbonyl (C=O) groups is 1. The monoisotopic (exact) mass is 222 g/mol. The smallest absolute Gasteiger partial charge is 0.226 e. The summed E-state index contributed by atoms with van der Waals surface area (Å²) in [5.74, 6) is 0.707. The Labute approximate surface area is 93.1 Å². The quantitative estimate of drug-likeness (QED) is 0.768. The van der Waals surface area contributed by atoms with Crippen molar-refractivity contribution in [1.82, 2.24) is 9.88 Å². The molecule has 1 amide bonds. The number of hydrogen-bond acceptors (Lipinski definition) is 3. The summed E-state index contributed by atoms with van der Waals surface area (Å²) in [5, 5.41) is 3.11. The minimum Gasteiger partial charge on any atom is -0.333 e. The van der Waals surface area contributed by atoms with Gasteiger partial charge in [0, 0.05) is 24.0 Å². The predicted molar refractivity (Wildman–Crippen MR) is 58.5 cm³/mol. The summed E-state index contributed by atoms with van der Waals surface area (Å²) in [6, 6.07) is 0.276. The van der Waals surface area contributed by atoms with E-state index in [0.717, 1.165) is 37.2 Å². The molecule has 3 rings (SSSR count). The van der Waals surface area contributed by atoms with E-state index in [1.807, 2.05) is 11.6 Å². The molecule has 1 saturated heterocycles. The van der Waals surface area contributed by atoms with Gasteiger partial charge in [-0.2, -0.15) is 0 Å². The van der Waals surface area contributed by atoms with Crippen LogP contribution in [0, 0.1) is 5.92 Å². The summed E-state index contributed by atoms with van der Waals surface area (Å²) in [7, 11) is 0. The van der Waals surface area contributed by atoms with Gasteiger partial charge >= 0.3 is 0 Å². The van der Waals surface area contributed by atoms with Crippen molar-refractivity contribution in [3.8, 4) is 0 Å². The SMILES string of the molecule is O=C(C1CC1)N1CCCC1c1nccs1. The first kappa shape index (κ1) is 9.33. The zero-order valence-electron chi connectivity index (χ0n) is 8.56. The molecule has 0 spiro atoms. The lowest BCUT2D eigenvalue weighted by Gasteiger charge is -2.22. The minimum atomic E-state index is 0.276. The van der Waals surface area contributed by atoms with Crippen LogP contribution in [0.2, 0.25) is 0 Å². The van der Waals surface area contributed by atoms with Crippen LogP contribution in [-0.2, 0) is 4.79 Å². The molecule has 1 saturated carbocycles. The number of nitrogens with zero attached hydrogens (tertiary/aromatic N) is 2. The second kappa shape index (κ2) is 3.59. The highest BCUT2D eigenvalue weighted by Gasteiger charge is 2.39. The van der Waals surface area contributed by atoms with Gasteiger partial charge in [0.25, 0.3) is 0 Å². The van der Waals surface area contributed by atoms with Crippen LogP contribution in [0.15, 0.2) is 11.6 Å². The molecule has 80 valence electrons. The maximum Gasteiger partial charge on any atom is 0.226 e. The lowest BCUT2D eigenvalue weighted by Crippen LogP contribution is -2.31. The molecule has 4 heteroatoms. The minimum absolute atomic E-state index is 0.276. The van der Waals surface area contributed by atoms with Crippen molar-refractivity contribution in [1.29, 1.82) is 0 Å². The van der Waals surface area contributed by atoms with Gasteiger partial charge in [-0.1, -0.05) is 0 Å². The van der Waals surface area contributed by atoms with E-state index in [4.69, 9.17) is 0 Å². The normalized spacial score (nSPS) is 25.9. The topological polar surface area (TPSA) is 33.2 Å². The molecule has 3 nitrogen and oxygen atoms in total. The van der Waals surface area contributed by atoms with Crippen LogP contribution in [0.1, 0.15) is 36.7 Å². The van der Waals surface area contributed by atoms with Crippen LogP contribution in [-0.4, -0.2) is 22.3 Å². The average molecular weight is 222 g/mol. The number of carbonyl (C=O) groups excluding carboxylic acids is 1. The van der Waals surface area contributed by atoms with Gasteiger partial charge in [0.1, 0.15) is 5.01 Å². The maximum atomic E-state index is 12.0. The maximum absolute atomic E-state index is 12.0. The standard InChI is InChI=1S/C11H14N2OS/c14-11(8-3-4-8)13-6-1-2-9(13)10-12-5-7-15-10/h5,7-9H,1-4,6H2. The molecule has 0 aromatic carbocycles.